The molecular weight excluding hydrogens is 318 g/mol. The molecule has 3 aromatic rings. The van der Waals surface area contributed by atoms with Gasteiger partial charge in [-0.1, -0.05) is 54.1 Å². The van der Waals surface area contributed by atoms with Crippen LogP contribution in [-0.2, 0) is 11.2 Å². The summed E-state index contributed by atoms with van der Waals surface area (Å²) in [4.78, 5) is 4.48. The predicted octanol–water partition coefficient (Wildman–Crippen LogP) is 5.72. The number of pyridine rings is 1. The minimum absolute atomic E-state index is 0.0269. The molecule has 0 saturated carbocycles. The standard InChI is InChI=1S/C21H20ClNO/c1-24-21(13-10-16-7-3-2-4-8-16)19-15-17(22)11-12-18(19)20-9-5-6-14-23-20/h2-9,11-12,14-15,21H,10,13H2,1H3/t21-/m0/s1. The molecule has 0 aliphatic heterocycles. The smallest absolute Gasteiger partial charge is 0.0831 e. The van der Waals surface area contributed by atoms with Crippen LogP contribution in [0.5, 0.6) is 0 Å². The monoisotopic (exact) mass is 337 g/mol. The lowest BCUT2D eigenvalue weighted by atomic mass is 9.95. The van der Waals surface area contributed by atoms with Crippen LogP contribution in [-0.4, -0.2) is 12.1 Å². The van der Waals surface area contributed by atoms with Crippen LogP contribution >= 0.6 is 11.6 Å². The van der Waals surface area contributed by atoms with E-state index in [9.17, 15) is 0 Å². The van der Waals surface area contributed by atoms with Crippen LogP contribution < -0.4 is 0 Å². The van der Waals surface area contributed by atoms with Gasteiger partial charge in [-0.05, 0) is 48.2 Å². The number of ether oxygens (including phenoxy) is 1. The van der Waals surface area contributed by atoms with Crippen LogP contribution in [0.2, 0.25) is 5.02 Å². The van der Waals surface area contributed by atoms with Gasteiger partial charge in [0.25, 0.3) is 0 Å². The van der Waals surface area contributed by atoms with Crippen LogP contribution in [0.15, 0.2) is 72.9 Å². The zero-order valence-electron chi connectivity index (χ0n) is 13.7. The molecule has 3 heteroatoms. The molecule has 24 heavy (non-hydrogen) atoms. The first-order valence-electron chi connectivity index (χ1n) is 8.05. The van der Waals surface area contributed by atoms with Crippen LogP contribution in [0.3, 0.4) is 0 Å². The van der Waals surface area contributed by atoms with Crippen LogP contribution in [0.1, 0.15) is 23.7 Å². The summed E-state index contributed by atoms with van der Waals surface area (Å²) < 4.78 is 5.79. The highest BCUT2D eigenvalue weighted by Gasteiger charge is 2.17. The first-order valence-corrected chi connectivity index (χ1v) is 8.43. The summed E-state index contributed by atoms with van der Waals surface area (Å²) in [5.74, 6) is 0. The highest BCUT2D eigenvalue weighted by Crippen LogP contribution is 2.33. The number of aromatic nitrogens is 1. The van der Waals surface area contributed by atoms with Crippen molar-refractivity contribution in [3.05, 3.63) is 89.1 Å². The maximum absolute atomic E-state index is 6.25. The number of hydrogen-bond donors (Lipinski definition) is 0. The van der Waals surface area contributed by atoms with Gasteiger partial charge in [0.15, 0.2) is 0 Å². The molecular formula is C21H20ClNO. The molecule has 1 aromatic heterocycles. The number of hydrogen-bond acceptors (Lipinski definition) is 2. The van der Waals surface area contributed by atoms with E-state index in [1.165, 1.54) is 5.56 Å². The summed E-state index contributed by atoms with van der Waals surface area (Å²) in [5.41, 5.74) is 4.39. The highest BCUT2D eigenvalue weighted by atomic mass is 35.5. The van der Waals surface area contributed by atoms with Crippen molar-refractivity contribution in [2.75, 3.05) is 7.11 Å². The first kappa shape index (κ1) is 16.7. The quantitative estimate of drug-likeness (QED) is 0.573. The van der Waals surface area contributed by atoms with E-state index in [-0.39, 0.29) is 6.10 Å². The van der Waals surface area contributed by atoms with E-state index in [4.69, 9.17) is 16.3 Å². The third-order valence-electron chi connectivity index (χ3n) is 4.12. The summed E-state index contributed by atoms with van der Waals surface area (Å²) in [6.07, 6.45) is 3.62. The Kier molecular flexibility index (Phi) is 5.63. The Bertz CT molecular complexity index is 774. The molecule has 0 saturated heterocycles. The van der Waals surface area contributed by atoms with Gasteiger partial charge in [0.2, 0.25) is 0 Å². The van der Waals surface area contributed by atoms with Gasteiger partial charge < -0.3 is 4.74 Å². The predicted molar refractivity (Wildman–Crippen MR) is 99.2 cm³/mol. The third kappa shape index (κ3) is 4.02. The van der Waals surface area contributed by atoms with Crippen molar-refractivity contribution in [2.24, 2.45) is 0 Å². The average Bonchev–Trinajstić information content (AvgIpc) is 2.64. The highest BCUT2D eigenvalue weighted by molar-refractivity contribution is 6.30. The normalized spacial score (nSPS) is 12.1. The van der Waals surface area contributed by atoms with E-state index < -0.39 is 0 Å². The van der Waals surface area contributed by atoms with Gasteiger partial charge in [-0.25, -0.2) is 0 Å². The van der Waals surface area contributed by atoms with Gasteiger partial charge in [0.1, 0.15) is 0 Å². The van der Waals surface area contributed by atoms with E-state index >= 15 is 0 Å². The Hall–Kier alpha value is -2.16. The van der Waals surface area contributed by atoms with Gasteiger partial charge in [-0.3, -0.25) is 4.98 Å². The first-order chi connectivity index (χ1) is 11.8. The van der Waals surface area contributed by atoms with Crippen molar-refractivity contribution >= 4 is 11.6 Å². The van der Waals surface area contributed by atoms with Gasteiger partial charge in [-0.15, -0.1) is 0 Å². The Morgan fingerprint density at radius 1 is 1.00 bits per heavy atom. The molecule has 0 N–H and O–H groups in total. The lowest BCUT2D eigenvalue weighted by Gasteiger charge is -2.19. The van der Waals surface area contributed by atoms with Crippen molar-refractivity contribution < 1.29 is 4.74 Å². The molecule has 0 amide bonds. The number of benzene rings is 2. The van der Waals surface area contributed by atoms with E-state index in [1.807, 2.05) is 42.5 Å². The van der Waals surface area contributed by atoms with Gasteiger partial charge in [0.05, 0.1) is 11.8 Å². The molecule has 2 nitrogen and oxygen atoms in total. The second-order valence-electron chi connectivity index (χ2n) is 5.70. The average molecular weight is 338 g/mol. The number of methoxy groups -OCH3 is 1. The molecule has 0 aliphatic rings. The summed E-state index contributed by atoms with van der Waals surface area (Å²) in [6.45, 7) is 0. The number of halogens is 1. The van der Waals surface area contributed by atoms with Gasteiger partial charge >= 0.3 is 0 Å². The maximum atomic E-state index is 6.25. The zero-order chi connectivity index (χ0) is 16.8. The fourth-order valence-electron chi connectivity index (χ4n) is 2.90. The molecule has 122 valence electrons. The Morgan fingerprint density at radius 3 is 2.50 bits per heavy atom. The van der Waals surface area contributed by atoms with Crippen molar-refractivity contribution in [1.29, 1.82) is 0 Å². The van der Waals surface area contributed by atoms with Crippen LogP contribution in [0.4, 0.5) is 0 Å². The molecule has 0 radical (unpaired) electrons. The van der Waals surface area contributed by atoms with Crippen molar-refractivity contribution in [3.63, 3.8) is 0 Å². The molecule has 3 rings (SSSR count). The second-order valence-corrected chi connectivity index (χ2v) is 6.13. The van der Waals surface area contributed by atoms with Crippen molar-refractivity contribution in [2.45, 2.75) is 18.9 Å². The fourth-order valence-corrected chi connectivity index (χ4v) is 3.08. The van der Waals surface area contributed by atoms with E-state index in [0.717, 1.165) is 29.7 Å². The SMILES string of the molecule is CO[C@@H](CCc1ccccc1)c1cc(Cl)ccc1-c1ccccn1. The summed E-state index contributed by atoms with van der Waals surface area (Å²) in [7, 11) is 1.75. The van der Waals surface area contributed by atoms with Crippen molar-refractivity contribution in [1.82, 2.24) is 4.98 Å². The molecule has 0 bridgehead atoms. The maximum Gasteiger partial charge on any atom is 0.0831 e. The second kappa shape index (κ2) is 8.09. The summed E-state index contributed by atoms with van der Waals surface area (Å²) >= 11 is 6.25. The Labute approximate surface area is 148 Å². The molecule has 0 aliphatic carbocycles. The largest absolute Gasteiger partial charge is 0.377 e. The summed E-state index contributed by atoms with van der Waals surface area (Å²) in [5, 5.41) is 0.714. The molecule has 0 fully saturated rings. The lowest BCUT2D eigenvalue weighted by Crippen LogP contribution is -2.06. The Balaban J connectivity index is 1.89. The van der Waals surface area contributed by atoms with Crippen molar-refractivity contribution in [3.8, 4) is 11.3 Å². The number of rotatable bonds is 6. The molecule has 0 spiro atoms. The fraction of sp³-hybridized carbons (Fsp3) is 0.190. The topological polar surface area (TPSA) is 22.1 Å². The minimum Gasteiger partial charge on any atom is -0.377 e. The lowest BCUT2D eigenvalue weighted by molar-refractivity contribution is 0.0963. The Morgan fingerprint density at radius 2 is 1.79 bits per heavy atom. The number of aryl methyl sites for hydroxylation is 1. The molecule has 1 atom stereocenters. The zero-order valence-corrected chi connectivity index (χ0v) is 14.4. The van der Waals surface area contributed by atoms with E-state index in [2.05, 4.69) is 29.2 Å². The molecule has 2 aromatic carbocycles. The van der Waals surface area contributed by atoms with Gasteiger partial charge in [-0.2, -0.15) is 0 Å². The van der Waals surface area contributed by atoms with Crippen LogP contribution in [0, 0.1) is 0 Å². The van der Waals surface area contributed by atoms with E-state index in [0.29, 0.717) is 5.02 Å². The molecule has 0 unspecified atom stereocenters. The van der Waals surface area contributed by atoms with E-state index in [1.54, 1.807) is 13.3 Å². The molecule has 1 heterocycles. The van der Waals surface area contributed by atoms with Crippen LogP contribution in [0.25, 0.3) is 11.3 Å². The van der Waals surface area contributed by atoms with Gasteiger partial charge in [0, 0.05) is 23.9 Å². The third-order valence-corrected chi connectivity index (χ3v) is 4.36. The number of nitrogens with zero attached hydrogens (tertiary/aromatic N) is 1. The summed E-state index contributed by atoms with van der Waals surface area (Å²) in [6, 6.07) is 22.3. The minimum atomic E-state index is -0.0269.